The Balaban J connectivity index is 1.69. The molecule has 0 aliphatic rings. The zero-order chi connectivity index (χ0) is 23.1. The maximum Gasteiger partial charge on any atom is 0.430 e. The molecule has 0 saturated heterocycles. The molecule has 166 valence electrons. The van der Waals surface area contributed by atoms with Gasteiger partial charge < -0.3 is 16.5 Å². The lowest BCUT2D eigenvalue weighted by Crippen LogP contribution is -2.20. The van der Waals surface area contributed by atoms with Crippen molar-refractivity contribution in [3.63, 3.8) is 0 Å². The maximum atomic E-state index is 12.6. The molecule has 0 fully saturated rings. The Labute approximate surface area is 182 Å². The monoisotopic (exact) mass is 442 g/mol. The average molecular weight is 442 g/mol. The molecule has 0 aliphatic heterocycles. The molecule has 0 saturated carbocycles. The van der Waals surface area contributed by atoms with Crippen LogP contribution in [0.15, 0.2) is 65.7 Å². The molecular weight excluding hydrogens is 421 g/mol. The van der Waals surface area contributed by atoms with E-state index in [0.717, 1.165) is 17.5 Å². The van der Waals surface area contributed by atoms with Crippen molar-refractivity contribution < 1.29 is 13.2 Å². The van der Waals surface area contributed by atoms with Crippen molar-refractivity contribution in [2.45, 2.75) is 26.1 Å². The number of nitrogens with zero attached hydrogens (tertiary/aromatic N) is 5. The van der Waals surface area contributed by atoms with Crippen LogP contribution in [-0.4, -0.2) is 38.1 Å². The van der Waals surface area contributed by atoms with Gasteiger partial charge in [-0.25, -0.2) is 4.68 Å². The smallest absolute Gasteiger partial charge is 0.395 e. The van der Waals surface area contributed by atoms with E-state index in [9.17, 15) is 13.2 Å². The minimum Gasteiger partial charge on any atom is -0.395 e. The van der Waals surface area contributed by atoms with Gasteiger partial charge in [-0.2, -0.15) is 13.2 Å². The number of anilines is 2. The van der Waals surface area contributed by atoms with Gasteiger partial charge in [0.05, 0.1) is 30.3 Å². The number of hydrogen-bond donors (Lipinski definition) is 3. The van der Waals surface area contributed by atoms with Crippen molar-refractivity contribution in [1.29, 1.82) is 5.41 Å². The number of allylic oxidation sites excluding steroid dienone is 2. The van der Waals surface area contributed by atoms with E-state index in [0.29, 0.717) is 23.4 Å². The lowest BCUT2D eigenvalue weighted by Gasteiger charge is -2.09. The first kappa shape index (κ1) is 22.7. The van der Waals surface area contributed by atoms with E-state index < -0.39 is 11.9 Å². The quantitative estimate of drug-likeness (QED) is 0.453. The van der Waals surface area contributed by atoms with E-state index in [2.05, 4.69) is 25.6 Å². The van der Waals surface area contributed by atoms with E-state index in [4.69, 9.17) is 11.1 Å². The molecule has 0 amide bonds. The Morgan fingerprint density at radius 3 is 2.66 bits per heavy atom. The van der Waals surface area contributed by atoms with Crippen LogP contribution < -0.4 is 11.1 Å². The summed E-state index contributed by atoms with van der Waals surface area (Å²) in [6.45, 7) is 1.78. The normalized spacial score (nSPS) is 12.6. The number of aliphatic imine (C=N–C) groups is 1. The summed E-state index contributed by atoms with van der Waals surface area (Å²) in [5.74, 6) is 0. The van der Waals surface area contributed by atoms with Gasteiger partial charge in [0, 0.05) is 29.4 Å². The van der Waals surface area contributed by atoms with Gasteiger partial charge in [0.1, 0.15) is 11.4 Å². The summed E-state index contributed by atoms with van der Waals surface area (Å²) in [4.78, 5) is 8.22. The molecule has 3 aromatic rings. The van der Waals surface area contributed by atoms with Crippen LogP contribution in [0.4, 0.5) is 24.5 Å². The molecule has 1 aromatic carbocycles. The second-order valence-electron chi connectivity index (χ2n) is 6.69. The molecule has 0 aliphatic carbocycles. The molecule has 0 unspecified atom stereocenters. The van der Waals surface area contributed by atoms with Gasteiger partial charge in [-0.15, -0.1) is 5.10 Å². The summed E-state index contributed by atoms with van der Waals surface area (Å²) in [5, 5.41) is 18.7. The summed E-state index contributed by atoms with van der Waals surface area (Å²) in [5.41, 5.74) is 7.57. The van der Waals surface area contributed by atoms with Crippen LogP contribution in [0.1, 0.15) is 24.6 Å². The number of nitrogens with two attached hydrogens (primary N) is 1. The molecule has 2 aromatic heterocycles. The SMILES string of the molecule is CCC(C=C(N)C(F)(F)F)=NCc1cn(-c2ccc(Nc3cnccc3C=N)cc2)nn1. The van der Waals surface area contributed by atoms with E-state index in [1.54, 1.807) is 36.3 Å². The summed E-state index contributed by atoms with van der Waals surface area (Å²) in [7, 11) is 0. The minimum absolute atomic E-state index is 0.0812. The van der Waals surface area contributed by atoms with Gasteiger partial charge in [0.2, 0.25) is 0 Å². The zero-order valence-corrected chi connectivity index (χ0v) is 17.1. The Kier molecular flexibility index (Phi) is 6.98. The first-order valence-electron chi connectivity index (χ1n) is 9.61. The first-order valence-corrected chi connectivity index (χ1v) is 9.61. The fraction of sp³-hybridized carbons (Fsp3) is 0.190. The van der Waals surface area contributed by atoms with Crippen molar-refractivity contribution >= 4 is 23.3 Å². The van der Waals surface area contributed by atoms with Crippen LogP contribution in [0, 0.1) is 5.41 Å². The van der Waals surface area contributed by atoms with Crippen molar-refractivity contribution in [3.05, 3.63) is 72.0 Å². The van der Waals surface area contributed by atoms with Crippen molar-refractivity contribution in [3.8, 4) is 5.69 Å². The highest BCUT2D eigenvalue weighted by molar-refractivity contribution is 5.95. The second-order valence-corrected chi connectivity index (χ2v) is 6.69. The summed E-state index contributed by atoms with van der Waals surface area (Å²) >= 11 is 0. The number of hydrogen-bond acceptors (Lipinski definition) is 7. The van der Waals surface area contributed by atoms with Crippen LogP contribution >= 0.6 is 0 Å². The largest absolute Gasteiger partial charge is 0.430 e. The molecule has 0 atom stereocenters. The Morgan fingerprint density at radius 1 is 1.25 bits per heavy atom. The molecule has 2 heterocycles. The van der Waals surface area contributed by atoms with E-state index >= 15 is 0 Å². The van der Waals surface area contributed by atoms with Gasteiger partial charge >= 0.3 is 6.18 Å². The molecule has 32 heavy (non-hydrogen) atoms. The van der Waals surface area contributed by atoms with Gasteiger partial charge in [-0.05, 0) is 42.8 Å². The Bertz CT molecular complexity index is 1130. The average Bonchev–Trinajstić information content (AvgIpc) is 3.25. The van der Waals surface area contributed by atoms with Gasteiger partial charge in [0.15, 0.2) is 0 Å². The van der Waals surface area contributed by atoms with Crippen LogP contribution in [-0.2, 0) is 6.54 Å². The lowest BCUT2D eigenvalue weighted by molar-refractivity contribution is -0.0925. The Hall–Kier alpha value is -4.02. The van der Waals surface area contributed by atoms with Gasteiger partial charge in [-0.1, -0.05) is 12.1 Å². The number of halogens is 3. The van der Waals surface area contributed by atoms with E-state index in [1.165, 1.54) is 6.21 Å². The highest BCUT2D eigenvalue weighted by Crippen LogP contribution is 2.22. The fourth-order valence-electron chi connectivity index (χ4n) is 2.69. The zero-order valence-electron chi connectivity index (χ0n) is 17.1. The number of alkyl halides is 3. The molecule has 0 radical (unpaired) electrons. The van der Waals surface area contributed by atoms with E-state index in [-0.39, 0.29) is 12.3 Å². The summed E-state index contributed by atoms with van der Waals surface area (Å²) in [6.07, 6.45) is 2.71. The number of nitrogens with one attached hydrogen (secondary N) is 2. The first-order chi connectivity index (χ1) is 15.3. The molecular formula is C21H21F3N8. The Morgan fingerprint density at radius 2 is 2.00 bits per heavy atom. The number of aromatic nitrogens is 4. The van der Waals surface area contributed by atoms with Gasteiger partial charge in [-0.3, -0.25) is 9.98 Å². The third-order valence-corrected chi connectivity index (χ3v) is 4.42. The van der Waals surface area contributed by atoms with Crippen molar-refractivity contribution in [2.75, 3.05) is 5.32 Å². The van der Waals surface area contributed by atoms with Crippen molar-refractivity contribution in [2.24, 2.45) is 10.7 Å². The number of benzene rings is 1. The predicted octanol–water partition coefficient (Wildman–Crippen LogP) is 4.16. The molecule has 0 bridgehead atoms. The van der Waals surface area contributed by atoms with Crippen LogP contribution in [0.2, 0.25) is 0 Å². The second kappa shape index (κ2) is 9.86. The van der Waals surface area contributed by atoms with E-state index in [1.807, 2.05) is 24.3 Å². The molecule has 4 N–H and O–H groups in total. The topological polar surface area (TPSA) is 118 Å². The fourth-order valence-corrected chi connectivity index (χ4v) is 2.69. The van der Waals surface area contributed by atoms with Crippen LogP contribution in [0.3, 0.4) is 0 Å². The lowest BCUT2D eigenvalue weighted by atomic mass is 10.2. The molecule has 0 spiro atoms. The number of rotatable bonds is 8. The van der Waals surface area contributed by atoms with Gasteiger partial charge in [0.25, 0.3) is 0 Å². The molecule has 3 rings (SSSR count). The third kappa shape index (κ3) is 5.78. The standard InChI is InChI=1S/C21H21F3N8/c1-2-15(9-20(26)21(22,23)24)28-11-17-13-32(31-30-17)18-5-3-16(4-6-18)29-19-12-27-8-7-14(19)10-25/h3-10,12-13,25,29H,2,11,26H2,1H3. The van der Waals surface area contributed by atoms with Crippen LogP contribution in [0.5, 0.6) is 0 Å². The molecule has 11 heteroatoms. The maximum absolute atomic E-state index is 12.6. The number of pyridine rings is 1. The summed E-state index contributed by atoms with van der Waals surface area (Å²) < 4.78 is 39.3. The highest BCUT2D eigenvalue weighted by atomic mass is 19.4. The predicted molar refractivity (Wildman–Crippen MR) is 117 cm³/mol. The van der Waals surface area contributed by atoms with Crippen molar-refractivity contribution in [1.82, 2.24) is 20.0 Å². The third-order valence-electron chi connectivity index (χ3n) is 4.42. The summed E-state index contributed by atoms with van der Waals surface area (Å²) in [6, 6.07) is 9.08. The molecule has 8 nitrogen and oxygen atoms in total. The highest BCUT2D eigenvalue weighted by Gasteiger charge is 2.31. The van der Waals surface area contributed by atoms with Crippen LogP contribution in [0.25, 0.3) is 5.69 Å². The minimum atomic E-state index is -4.59.